The Labute approximate surface area is 173 Å². The SMILES string of the molecule is CC(C)COc1cccc(C=C2C(=O)NC(=S)N(c3ccc(Cl)cc3)C2=O)c1. The van der Waals surface area contributed by atoms with Crippen LogP contribution in [0, 0.1) is 5.92 Å². The van der Waals surface area contributed by atoms with E-state index >= 15 is 0 Å². The van der Waals surface area contributed by atoms with Gasteiger partial charge in [-0.15, -0.1) is 0 Å². The maximum Gasteiger partial charge on any atom is 0.270 e. The molecule has 7 heteroatoms. The molecular weight excluding hydrogens is 396 g/mol. The summed E-state index contributed by atoms with van der Waals surface area (Å²) < 4.78 is 5.71. The topological polar surface area (TPSA) is 58.6 Å². The number of thiocarbonyl (C=S) groups is 1. The van der Waals surface area contributed by atoms with Crippen LogP contribution in [0.25, 0.3) is 6.08 Å². The van der Waals surface area contributed by atoms with Crippen LogP contribution >= 0.6 is 23.8 Å². The maximum absolute atomic E-state index is 13.0. The van der Waals surface area contributed by atoms with Crippen LogP contribution in [-0.4, -0.2) is 23.5 Å². The zero-order chi connectivity index (χ0) is 20.3. The summed E-state index contributed by atoms with van der Waals surface area (Å²) in [6.45, 7) is 4.70. The molecule has 0 bridgehead atoms. The lowest BCUT2D eigenvalue weighted by atomic mass is 10.1. The van der Waals surface area contributed by atoms with E-state index in [2.05, 4.69) is 19.2 Å². The highest BCUT2D eigenvalue weighted by atomic mass is 35.5. The van der Waals surface area contributed by atoms with Gasteiger partial charge in [0.1, 0.15) is 11.3 Å². The predicted molar refractivity (Wildman–Crippen MR) is 114 cm³/mol. The summed E-state index contributed by atoms with van der Waals surface area (Å²) in [7, 11) is 0. The van der Waals surface area contributed by atoms with E-state index < -0.39 is 11.8 Å². The molecule has 1 N–H and O–H groups in total. The summed E-state index contributed by atoms with van der Waals surface area (Å²) in [5, 5.41) is 3.13. The lowest BCUT2D eigenvalue weighted by molar-refractivity contribution is -0.122. The van der Waals surface area contributed by atoms with Crippen molar-refractivity contribution in [3.8, 4) is 5.75 Å². The molecule has 2 amide bonds. The van der Waals surface area contributed by atoms with Gasteiger partial charge >= 0.3 is 0 Å². The first-order chi connectivity index (χ1) is 13.3. The number of amides is 2. The lowest BCUT2D eigenvalue weighted by Gasteiger charge is -2.29. The van der Waals surface area contributed by atoms with E-state index in [9.17, 15) is 9.59 Å². The van der Waals surface area contributed by atoms with Crippen LogP contribution in [0.3, 0.4) is 0 Å². The third-order valence-electron chi connectivity index (χ3n) is 3.94. The fraction of sp³-hybridized carbons (Fsp3) is 0.190. The molecule has 1 aliphatic heterocycles. The molecule has 0 spiro atoms. The van der Waals surface area contributed by atoms with Gasteiger partial charge in [-0.05, 0) is 66.2 Å². The van der Waals surface area contributed by atoms with Gasteiger partial charge in [0.05, 0.1) is 12.3 Å². The zero-order valence-corrected chi connectivity index (χ0v) is 17.0. The van der Waals surface area contributed by atoms with E-state index in [-0.39, 0.29) is 10.7 Å². The van der Waals surface area contributed by atoms with Crippen molar-refractivity contribution in [2.45, 2.75) is 13.8 Å². The molecule has 0 aliphatic carbocycles. The van der Waals surface area contributed by atoms with Crippen molar-refractivity contribution in [3.05, 3.63) is 64.7 Å². The van der Waals surface area contributed by atoms with Crippen molar-refractivity contribution in [2.24, 2.45) is 5.92 Å². The van der Waals surface area contributed by atoms with Gasteiger partial charge in [-0.2, -0.15) is 0 Å². The molecule has 28 heavy (non-hydrogen) atoms. The Bertz CT molecular complexity index is 954. The van der Waals surface area contributed by atoms with Crippen LogP contribution in [0.5, 0.6) is 5.75 Å². The Morgan fingerprint density at radius 3 is 2.57 bits per heavy atom. The molecule has 0 atom stereocenters. The molecule has 0 aromatic heterocycles. The Balaban J connectivity index is 1.91. The summed E-state index contributed by atoms with van der Waals surface area (Å²) in [5.41, 5.74) is 1.20. The number of nitrogens with zero attached hydrogens (tertiary/aromatic N) is 1. The Kier molecular flexibility index (Phi) is 6.11. The average molecular weight is 415 g/mol. The van der Waals surface area contributed by atoms with Crippen molar-refractivity contribution < 1.29 is 14.3 Å². The summed E-state index contributed by atoms with van der Waals surface area (Å²) in [4.78, 5) is 26.6. The monoisotopic (exact) mass is 414 g/mol. The maximum atomic E-state index is 13.0. The summed E-state index contributed by atoms with van der Waals surface area (Å²) in [6.07, 6.45) is 1.53. The largest absolute Gasteiger partial charge is 0.493 e. The number of benzene rings is 2. The zero-order valence-electron chi connectivity index (χ0n) is 15.4. The molecule has 0 radical (unpaired) electrons. The number of halogens is 1. The van der Waals surface area contributed by atoms with E-state index in [1.165, 1.54) is 11.0 Å². The third kappa shape index (κ3) is 4.58. The normalized spacial score (nSPS) is 15.9. The van der Waals surface area contributed by atoms with Gasteiger partial charge in [-0.1, -0.05) is 37.6 Å². The number of rotatable bonds is 5. The quantitative estimate of drug-likeness (QED) is 0.452. The highest BCUT2D eigenvalue weighted by Crippen LogP contribution is 2.24. The van der Waals surface area contributed by atoms with E-state index in [1.807, 2.05) is 12.1 Å². The lowest BCUT2D eigenvalue weighted by Crippen LogP contribution is -2.54. The minimum absolute atomic E-state index is 0.00967. The number of carbonyl (C=O) groups is 2. The molecular formula is C21H19ClN2O3S. The molecule has 2 aromatic carbocycles. The second-order valence-corrected chi connectivity index (χ2v) is 7.53. The van der Waals surface area contributed by atoms with Crippen molar-refractivity contribution in [3.63, 3.8) is 0 Å². The Morgan fingerprint density at radius 1 is 1.18 bits per heavy atom. The molecule has 1 saturated heterocycles. The molecule has 1 heterocycles. The Morgan fingerprint density at radius 2 is 1.89 bits per heavy atom. The summed E-state index contributed by atoms with van der Waals surface area (Å²) in [5.74, 6) is 0.0386. The van der Waals surface area contributed by atoms with Crippen LogP contribution in [-0.2, 0) is 9.59 Å². The number of anilines is 1. The number of hydrogen-bond acceptors (Lipinski definition) is 4. The van der Waals surface area contributed by atoms with Gasteiger partial charge < -0.3 is 4.74 Å². The highest BCUT2D eigenvalue weighted by Gasteiger charge is 2.34. The Hall–Kier alpha value is -2.70. The molecule has 5 nitrogen and oxygen atoms in total. The van der Waals surface area contributed by atoms with E-state index in [1.54, 1.807) is 36.4 Å². The van der Waals surface area contributed by atoms with Gasteiger partial charge in [0.2, 0.25) is 0 Å². The predicted octanol–water partition coefficient (Wildman–Crippen LogP) is 4.21. The summed E-state index contributed by atoms with van der Waals surface area (Å²) in [6, 6.07) is 13.9. The van der Waals surface area contributed by atoms with Gasteiger partial charge in [-0.25, -0.2) is 0 Å². The fourth-order valence-electron chi connectivity index (χ4n) is 2.61. The van der Waals surface area contributed by atoms with E-state index in [4.69, 9.17) is 28.6 Å². The van der Waals surface area contributed by atoms with Crippen LogP contribution in [0.2, 0.25) is 5.02 Å². The van der Waals surface area contributed by atoms with Gasteiger partial charge in [0.15, 0.2) is 5.11 Å². The molecule has 0 saturated carbocycles. The molecule has 144 valence electrons. The van der Waals surface area contributed by atoms with Gasteiger partial charge in [0.25, 0.3) is 11.8 Å². The highest BCUT2D eigenvalue weighted by molar-refractivity contribution is 7.80. The smallest absolute Gasteiger partial charge is 0.270 e. The van der Waals surface area contributed by atoms with Gasteiger partial charge in [-0.3, -0.25) is 19.8 Å². The van der Waals surface area contributed by atoms with Gasteiger partial charge in [0, 0.05) is 5.02 Å². The summed E-state index contributed by atoms with van der Waals surface area (Å²) >= 11 is 11.1. The average Bonchev–Trinajstić information content (AvgIpc) is 2.65. The number of carbonyl (C=O) groups excluding carboxylic acids is 2. The first-order valence-corrected chi connectivity index (χ1v) is 9.53. The minimum Gasteiger partial charge on any atom is -0.493 e. The molecule has 1 fully saturated rings. The standard InChI is InChI=1S/C21H19ClN2O3S/c1-13(2)12-27-17-5-3-4-14(10-17)11-18-19(25)23-21(28)24(20(18)26)16-8-6-15(22)7-9-16/h3-11,13H,12H2,1-2H3,(H,23,25,28). The number of hydrogen-bond donors (Lipinski definition) is 1. The van der Waals surface area contributed by atoms with Crippen LogP contribution in [0.4, 0.5) is 5.69 Å². The molecule has 2 aromatic rings. The second-order valence-electron chi connectivity index (χ2n) is 6.71. The van der Waals surface area contributed by atoms with Crippen molar-refractivity contribution in [1.29, 1.82) is 0 Å². The second kappa shape index (κ2) is 8.54. The van der Waals surface area contributed by atoms with E-state index in [0.717, 1.165) is 0 Å². The fourth-order valence-corrected chi connectivity index (χ4v) is 3.01. The molecule has 3 rings (SSSR count). The van der Waals surface area contributed by atoms with E-state index in [0.29, 0.717) is 34.5 Å². The van der Waals surface area contributed by atoms with Crippen molar-refractivity contribution in [2.75, 3.05) is 11.5 Å². The molecule has 1 aliphatic rings. The van der Waals surface area contributed by atoms with Crippen LogP contribution in [0.15, 0.2) is 54.1 Å². The third-order valence-corrected chi connectivity index (χ3v) is 4.48. The van der Waals surface area contributed by atoms with Crippen molar-refractivity contribution >= 4 is 52.5 Å². The number of ether oxygens (including phenoxy) is 1. The first kappa shape index (κ1) is 20.0. The minimum atomic E-state index is -0.534. The molecule has 0 unspecified atom stereocenters. The first-order valence-electron chi connectivity index (χ1n) is 8.75. The van der Waals surface area contributed by atoms with Crippen molar-refractivity contribution in [1.82, 2.24) is 5.32 Å². The number of nitrogens with one attached hydrogen (secondary N) is 1. The van der Waals surface area contributed by atoms with Crippen LogP contribution in [0.1, 0.15) is 19.4 Å². The van der Waals surface area contributed by atoms with Crippen LogP contribution < -0.4 is 15.0 Å².